The van der Waals surface area contributed by atoms with Gasteiger partial charge in [-0.05, 0) is 74.2 Å². The zero-order valence-electron chi connectivity index (χ0n) is 16.9. The van der Waals surface area contributed by atoms with Gasteiger partial charge in [-0.15, -0.1) is 0 Å². The molecule has 7 heteroatoms. The fourth-order valence-electron chi connectivity index (χ4n) is 3.45. The highest BCUT2D eigenvalue weighted by Crippen LogP contribution is 2.31. The van der Waals surface area contributed by atoms with Crippen LogP contribution in [-0.2, 0) is 21.2 Å². The molecule has 150 valence electrons. The number of carbonyl (C=O) groups excluding carboxylic acids is 1. The Morgan fingerprint density at radius 1 is 1.11 bits per heavy atom. The summed E-state index contributed by atoms with van der Waals surface area (Å²) < 4.78 is 31.7. The average molecular weight is 403 g/mol. The second-order valence-electron chi connectivity index (χ2n) is 7.40. The molecule has 0 aromatic heterocycles. The van der Waals surface area contributed by atoms with Crippen LogP contribution in [0.2, 0.25) is 0 Å². The maximum Gasteiger partial charge on any atom is 0.267 e. The quantitative estimate of drug-likeness (QED) is 0.771. The fraction of sp³-hybridized carbons (Fsp3) is 0.381. The maximum atomic E-state index is 12.9. The number of fused-ring (bicyclic) bond motifs is 1. The van der Waals surface area contributed by atoms with Crippen molar-refractivity contribution in [2.24, 2.45) is 0 Å². The third-order valence-corrected chi connectivity index (χ3v) is 6.66. The Morgan fingerprint density at radius 2 is 1.75 bits per heavy atom. The van der Waals surface area contributed by atoms with Gasteiger partial charge in [0.1, 0.15) is 5.75 Å². The monoisotopic (exact) mass is 402 g/mol. The SMILES string of the molecule is Cc1cc(C)cc(O[C@@H](C)C(=O)N2CCc3cc(S(=O)(=O)N(C)C)ccc32)c1. The minimum absolute atomic E-state index is 0.138. The molecule has 0 aliphatic carbocycles. The van der Waals surface area contributed by atoms with Crippen LogP contribution in [0.5, 0.6) is 5.75 Å². The first kappa shape index (κ1) is 20.4. The highest BCUT2D eigenvalue weighted by atomic mass is 32.2. The normalized spacial score (nSPS) is 14.9. The largest absolute Gasteiger partial charge is 0.481 e. The molecule has 0 fully saturated rings. The molecule has 0 bridgehead atoms. The van der Waals surface area contributed by atoms with Crippen molar-refractivity contribution in [1.82, 2.24) is 4.31 Å². The number of hydrogen-bond donors (Lipinski definition) is 0. The lowest BCUT2D eigenvalue weighted by molar-refractivity contribution is -0.124. The molecular formula is C21H26N2O4S. The lowest BCUT2D eigenvalue weighted by Crippen LogP contribution is -2.39. The van der Waals surface area contributed by atoms with E-state index < -0.39 is 16.1 Å². The number of nitrogens with zero attached hydrogens (tertiary/aromatic N) is 2. The van der Waals surface area contributed by atoms with E-state index in [9.17, 15) is 13.2 Å². The van der Waals surface area contributed by atoms with Gasteiger partial charge in [-0.2, -0.15) is 0 Å². The molecule has 2 aromatic carbocycles. The van der Waals surface area contributed by atoms with Gasteiger partial charge in [-0.3, -0.25) is 4.79 Å². The lowest BCUT2D eigenvalue weighted by Gasteiger charge is -2.23. The average Bonchev–Trinajstić information content (AvgIpc) is 3.03. The third-order valence-electron chi connectivity index (χ3n) is 4.85. The molecule has 0 saturated heterocycles. The molecule has 1 heterocycles. The van der Waals surface area contributed by atoms with Crippen molar-refractivity contribution >= 4 is 21.6 Å². The van der Waals surface area contributed by atoms with E-state index in [0.717, 1.165) is 22.4 Å². The number of anilines is 1. The summed E-state index contributed by atoms with van der Waals surface area (Å²) in [6.07, 6.45) is -0.0222. The summed E-state index contributed by atoms with van der Waals surface area (Å²) in [4.78, 5) is 14.9. The van der Waals surface area contributed by atoms with Crippen LogP contribution in [-0.4, -0.2) is 45.4 Å². The Kier molecular flexibility index (Phi) is 5.50. The molecule has 0 spiro atoms. The van der Waals surface area contributed by atoms with Crippen LogP contribution in [0.1, 0.15) is 23.6 Å². The zero-order valence-corrected chi connectivity index (χ0v) is 17.7. The molecule has 3 rings (SSSR count). The van der Waals surface area contributed by atoms with Crippen molar-refractivity contribution in [1.29, 1.82) is 0 Å². The Bertz CT molecular complexity index is 995. The standard InChI is InChI=1S/C21H26N2O4S/c1-14-10-15(2)12-18(11-14)27-16(3)21(24)23-9-8-17-13-19(6-7-20(17)23)28(25,26)22(4)5/h6-7,10-13,16H,8-9H2,1-5H3/t16-/m0/s1. The molecule has 2 aromatic rings. The summed E-state index contributed by atoms with van der Waals surface area (Å²) in [7, 11) is -0.487. The van der Waals surface area contributed by atoms with Gasteiger partial charge in [0.15, 0.2) is 6.10 Å². The van der Waals surface area contributed by atoms with E-state index in [1.54, 1.807) is 30.0 Å². The first-order chi connectivity index (χ1) is 13.1. The second kappa shape index (κ2) is 7.56. The molecule has 1 atom stereocenters. The van der Waals surface area contributed by atoms with Crippen LogP contribution < -0.4 is 9.64 Å². The molecule has 1 aliphatic heterocycles. The number of rotatable bonds is 5. The topological polar surface area (TPSA) is 66.9 Å². The Morgan fingerprint density at radius 3 is 2.36 bits per heavy atom. The molecular weight excluding hydrogens is 376 g/mol. The van der Waals surface area contributed by atoms with Gasteiger partial charge < -0.3 is 9.64 Å². The fourth-order valence-corrected chi connectivity index (χ4v) is 4.41. The molecule has 0 N–H and O–H groups in total. The van der Waals surface area contributed by atoms with Crippen LogP contribution in [0, 0.1) is 13.8 Å². The van der Waals surface area contributed by atoms with Crippen LogP contribution >= 0.6 is 0 Å². The zero-order chi connectivity index (χ0) is 20.6. The van der Waals surface area contributed by atoms with E-state index in [-0.39, 0.29) is 10.8 Å². The molecule has 0 unspecified atom stereocenters. The van der Waals surface area contributed by atoms with Gasteiger partial charge in [-0.25, -0.2) is 12.7 Å². The molecule has 6 nitrogen and oxygen atoms in total. The maximum absolute atomic E-state index is 12.9. The van der Waals surface area contributed by atoms with Crippen LogP contribution in [0.3, 0.4) is 0 Å². The molecule has 1 aliphatic rings. The first-order valence-corrected chi connectivity index (χ1v) is 10.7. The van der Waals surface area contributed by atoms with Gasteiger partial charge in [0.2, 0.25) is 10.0 Å². The second-order valence-corrected chi connectivity index (χ2v) is 9.55. The molecule has 0 radical (unpaired) electrons. The van der Waals surface area contributed by atoms with Gasteiger partial charge in [0.05, 0.1) is 4.90 Å². The van der Waals surface area contributed by atoms with Crippen molar-refractivity contribution in [3.05, 3.63) is 53.1 Å². The number of benzene rings is 2. The highest BCUT2D eigenvalue weighted by molar-refractivity contribution is 7.89. The van der Waals surface area contributed by atoms with E-state index in [0.29, 0.717) is 18.7 Å². The number of sulfonamides is 1. The Labute approximate surface area is 166 Å². The van der Waals surface area contributed by atoms with Crippen molar-refractivity contribution < 1.29 is 17.9 Å². The smallest absolute Gasteiger partial charge is 0.267 e. The number of ether oxygens (including phenoxy) is 1. The van der Waals surface area contributed by atoms with Crippen LogP contribution in [0.15, 0.2) is 41.3 Å². The lowest BCUT2D eigenvalue weighted by atomic mass is 10.1. The minimum atomic E-state index is -3.50. The third kappa shape index (κ3) is 3.91. The van der Waals surface area contributed by atoms with E-state index in [1.165, 1.54) is 18.4 Å². The summed E-state index contributed by atoms with van der Waals surface area (Å²) in [6, 6.07) is 10.8. The summed E-state index contributed by atoms with van der Waals surface area (Å²) in [5, 5.41) is 0. The van der Waals surface area contributed by atoms with Crippen molar-refractivity contribution in [2.75, 3.05) is 25.5 Å². The summed E-state index contributed by atoms with van der Waals surface area (Å²) in [5.74, 6) is 0.534. The summed E-state index contributed by atoms with van der Waals surface area (Å²) >= 11 is 0. The Balaban J connectivity index is 1.80. The first-order valence-electron chi connectivity index (χ1n) is 9.21. The molecule has 1 amide bonds. The van der Waals surface area contributed by atoms with Crippen molar-refractivity contribution in [2.45, 2.75) is 38.2 Å². The molecule has 0 saturated carbocycles. The van der Waals surface area contributed by atoms with Gasteiger partial charge >= 0.3 is 0 Å². The van der Waals surface area contributed by atoms with Crippen LogP contribution in [0.4, 0.5) is 5.69 Å². The van der Waals surface area contributed by atoms with Gasteiger partial charge in [0.25, 0.3) is 5.91 Å². The molecule has 28 heavy (non-hydrogen) atoms. The number of hydrogen-bond acceptors (Lipinski definition) is 4. The van der Waals surface area contributed by atoms with Gasteiger partial charge in [0, 0.05) is 26.3 Å². The van der Waals surface area contributed by atoms with Crippen molar-refractivity contribution in [3.8, 4) is 5.75 Å². The van der Waals surface area contributed by atoms with Crippen LogP contribution in [0.25, 0.3) is 0 Å². The number of carbonyl (C=O) groups is 1. The predicted octanol–water partition coefficient (Wildman–Crippen LogP) is 2.91. The van der Waals surface area contributed by atoms with E-state index in [4.69, 9.17) is 4.74 Å². The van der Waals surface area contributed by atoms with E-state index in [1.807, 2.05) is 26.0 Å². The van der Waals surface area contributed by atoms with E-state index in [2.05, 4.69) is 6.07 Å². The highest BCUT2D eigenvalue weighted by Gasteiger charge is 2.30. The Hall–Kier alpha value is -2.38. The van der Waals surface area contributed by atoms with Crippen molar-refractivity contribution in [3.63, 3.8) is 0 Å². The van der Waals surface area contributed by atoms with E-state index >= 15 is 0 Å². The minimum Gasteiger partial charge on any atom is -0.481 e. The summed E-state index contributed by atoms with van der Waals surface area (Å²) in [5.41, 5.74) is 3.76. The number of aryl methyl sites for hydroxylation is 2. The summed E-state index contributed by atoms with van der Waals surface area (Å²) in [6.45, 7) is 6.23. The predicted molar refractivity (Wildman–Crippen MR) is 109 cm³/mol. The van der Waals surface area contributed by atoms with Gasteiger partial charge in [-0.1, -0.05) is 6.07 Å². The number of amides is 1.